The normalized spacial score (nSPS) is 14.2. The molecule has 200 valence electrons. The Morgan fingerprint density at radius 3 is 2.74 bits per heavy atom. The monoisotopic (exact) mass is 521 g/mol. The molecule has 0 atom stereocenters. The predicted octanol–water partition coefficient (Wildman–Crippen LogP) is 5.17. The number of rotatable bonds is 10. The van der Waals surface area contributed by atoms with E-state index in [0.29, 0.717) is 5.56 Å². The minimum Gasteiger partial charge on any atom is -0.379 e. The largest absolute Gasteiger partial charge is 0.379 e. The molecule has 0 amide bonds. The molecule has 0 unspecified atom stereocenters. The lowest BCUT2D eigenvalue weighted by Crippen LogP contribution is -2.37. The van der Waals surface area contributed by atoms with Gasteiger partial charge in [0.05, 0.1) is 30.2 Å². The summed E-state index contributed by atoms with van der Waals surface area (Å²) in [4.78, 5) is 14.8. The van der Waals surface area contributed by atoms with E-state index in [-0.39, 0.29) is 0 Å². The molecule has 1 aliphatic rings. The standard InChI is InChI=1S/C31H35N7O/c1-22-27-10-12-34-30(27)9-8-29(22)37-31-25(18-32)21-35-23(2)28(31)7-6-26-5-4-24(20-36-26)19-33-11-3-13-38-14-16-39-17-15-38/h4-10,12,20-21,33-34H,3,11,13-17,19H2,1-2H3,(H,35,37). The summed E-state index contributed by atoms with van der Waals surface area (Å²) in [5.41, 5.74) is 8.12. The lowest BCUT2D eigenvalue weighted by molar-refractivity contribution is 0.0374. The topological polar surface area (TPSA) is 102 Å². The van der Waals surface area contributed by atoms with Crippen LogP contribution in [-0.2, 0) is 11.3 Å². The van der Waals surface area contributed by atoms with Crippen molar-refractivity contribution in [3.05, 3.63) is 82.6 Å². The van der Waals surface area contributed by atoms with Gasteiger partial charge in [0, 0.05) is 66.1 Å². The number of nitrogens with zero attached hydrogens (tertiary/aromatic N) is 4. The number of morpholine rings is 1. The maximum Gasteiger partial charge on any atom is 0.103 e. The van der Waals surface area contributed by atoms with Crippen molar-refractivity contribution in [3.8, 4) is 6.07 Å². The van der Waals surface area contributed by atoms with Gasteiger partial charge >= 0.3 is 0 Å². The number of nitriles is 1. The number of ether oxygens (including phenoxy) is 1. The van der Waals surface area contributed by atoms with Crippen LogP contribution >= 0.6 is 0 Å². The number of anilines is 2. The SMILES string of the molecule is Cc1ncc(C#N)c(Nc2ccc3[nH]ccc3c2C)c1C=Cc1ccc(CNCCCN2CCOCC2)cn1. The van der Waals surface area contributed by atoms with Crippen molar-refractivity contribution >= 4 is 34.4 Å². The summed E-state index contributed by atoms with van der Waals surface area (Å²) in [6, 6.07) is 12.6. The van der Waals surface area contributed by atoms with Crippen LogP contribution in [0.25, 0.3) is 23.1 Å². The van der Waals surface area contributed by atoms with Crippen LogP contribution in [-0.4, -0.2) is 59.2 Å². The fourth-order valence-electron chi connectivity index (χ4n) is 4.89. The molecule has 1 aromatic carbocycles. The number of nitrogens with one attached hydrogen (secondary N) is 3. The van der Waals surface area contributed by atoms with E-state index in [4.69, 9.17) is 4.74 Å². The van der Waals surface area contributed by atoms with Crippen molar-refractivity contribution in [3.63, 3.8) is 0 Å². The van der Waals surface area contributed by atoms with Gasteiger partial charge < -0.3 is 20.4 Å². The van der Waals surface area contributed by atoms with Gasteiger partial charge in [-0.1, -0.05) is 6.07 Å². The third-order valence-corrected chi connectivity index (χ3v) is 7.23. The summed E-state index contributed by atoms with van der Waals surface area (Å²) in [6.07, 6.45) is 10.6. The molecule has 4 aromatic rings. The van der Waals surface area contributed by atoms with Gasteiger partial charge in [-0.15, -0.1) is 0 Å². The molecule has 1 aliphatic heterocycles. The zero-order chi connectivity index (χ0) is 27.0. The average Bonchev–Trinajstić information content (AvgIpc) is 3.45. The molecular weight excluding hydrogens is 486 g/mol. The van der Waals surface area contributed by atoms with Gasteiger partial charge in [-0.25, -0.2) is 0 Å². The third kappa shape index (κ3) is 6.52. The van der Waals surface area contributed by atoms with Crippen molar-refractivity contribution in [1.29, 1.82) is 5.26 Å². The number of H-pyrrole nitrogens is 1. The molecule has 39 heavy (non-hydrogen) atoms. The quantitative estimate of drug-likeness (QED) is 0.247. The predicted molar refractivity (Wildman–Crippen MR) is 157 cm³/mol. The molecule has 5 rings (SSSR count). The maximum absolute atomic E-state index is 9.82. The Balaban J connectivity index is 1.24. The summed E-state index contributed by atoms with van der Waals surface area (Å²) in [5.74, 6) is 0. The van der Waals surface area contributed by atoms with Crippen LogP contribution in [0.2, 0.25) is 0 Å². The number of fused-ring (bicyclic) bond motifs is 1. The summed E-state index contributed by atoms with van der Waals surface area (Å²) in [5, 5.41) is 18.0. The second kappa shape index (κ2) is 12.7. The molecule has 8 heteroatoms. The molecule has 0 aliphatic carbocycles. The van der Waals surface area contributed by atoms with Gasteiger partial charge in [-0.05, 0) is 80.9 Å². The van der Waals surface area contributed by atoms with E-state index in [1.165, 1.54) is 0 Å². The highest BCUT2D eigenvalue weighted by molar-refractivity contribution is 5.90. The molecule has 0 bridgehead atoms. The minimum atomic E-state index is 0.497. The van der Waals surface area contributed by atoms with Crippen molar-refractivity contribution in [1.82, 2.24) is 25.2 Å². The minimum absolute atomic E-state index is 0.497. The average molecular weight is 522 g/mol. The highest BCUT2D eigenvalue weighted by Crippen LogP contribution is 2.32. The molecule has 0 radical (unpaired) electrons. The lowest BCUT2D eigenvalue weighted by atomic mass is 10.0. The van der Waals surface area contributed by atoms with E-state index in [2.05, 4.69) is 55.6 Å². The Kier molecular flexibility index (Phi) is 8.64. The fraction of sp³-hybridized carbons (Fsp3) is 0.323. The first-order valence-electron chi connectivity index (χ1n) is 13.5. The molecule has 1 saturated heterocycles. The molecular formula is C31H35N7O. The number of pyridine rings is 2. The highest BCUT2D eigenvalue weighted by atomic mass is 16.5. The Labute approximate surface area is 229 Å². The summed E-state index contributed by atoms with van der Waals surface area (Å²) >= 11 is 0. The van der Waals surface area contributed by atoms with Crippen molar-refractivity contribution in [2.24, 2.45) is 0 Å². The molecule has 4 heterocycles. The Morgan fingerprint density at radius 2 is 1.95 bits per heavy atom. The van der Waals surface area contributed by atoms with Gasteiger partial charge in [0.25, 0.3) is 0 Å². The van der Waals surface area contributed by atoms with Gasteiger partial charge in [0.1, 0.15) is 6.07 Å². The fourth-order valence-corrected chi connectivity index (χ4v) is 4.89. The van der Waals surface area contributed by atoms with Crippen LogP contribution in [0, 0.1) is 25.2 Å². The van der Waals surface area contributed by atoms with Crippen LogP contribution < -0.4 is 10.6 Å². The van der Waals surface area contributed by atoms with Crippen LogP contribution in [0.15, 0.2) is 48.9 Å². The first kappa shape index (κ1) is 26.6. The third-order valence-electron chi connectivity index (χ3n) is 7.23. The zero-order valence-corrected chi connectivity index (χ0v) is 22.6. The van der Waals surface area contributed by atoms with Gasteiger partial charge in [-0.3, -0.25) is 14.9 Å². The molecule has 8 nitrogen and oxygen atoms in total. The van der Waals surface area contributed by atoms with Gasteiger partial charge in [-0.2, -0.15) is 5.26 Å². The second-order valence-electron chi connectivity index (χ2n) is 9.87. The summed E-state index contributed by atoms with van der Waals surface area (Å²) in [6.45, 7) is 10.7. The number of aryl methyl sites for hydroxylation is 2. The van der Waals surface area contributed by atoms with E-state index < -0.39 is 0 Å². The Morgan fingerprint density at radius 1 is 1.08 bits per heavy atom. The van der Waals surface area contributed by atoms with Gasteiger partial charge in [0.15, 0.2) is 0 Å². The van der Waals surface area contributed by atoms with E-state index in [1.807, 2.05) is 49.7 Å². The number of aromatic amines is 1. The number of aromatic nitrogens is 3. The van der Waals surface area contributed by atoms with Crippen molar-refractivity contribution in [2.45, 2.75) is 26.8 Å². The van der Waals surface area contributed by atoms with E-state index in [0.717, 1.165) is 103 Å². The molecule has 1 fully saturated rings. The molecule has 3 N–H and O–H groups in total. The first-order valence-corrected chi connectivity index (χ1v) is 13.5. The van der Waals surface area contributed by atoms with Gasteiger partial charge in [0.2, 0.25) is 0 Å². The van der Waals surface area contributed by atoms with Crippen molar-refractivity contribution < 1.29 is 4.74 Å². The molecule has 3 aromatic heterocycles. The number of hydrogen-bond acceptors (Lipinski definition) is 7. The summed E-state index contributed by atoms with van der Waals surface area (Å²) < 4.78 is 5.41. The summed E-state index contributed by atoms with van der Waals surface area (Å²) in [7, 11) is 0. The van der Waals surface area contributed by atoms with Crippen LogP contribution in [0.5, 0.6) is 0 Å². The smallest absolute Gasteiger partial charge is 0.103 e. The van der Waals surface area contributed by atoms with Crippen LogP contribution in [0.4, 0.5) is 11.4 Å². The number of benzene rings is 1. The zero-order valence-electron chi connectivity index (χ0n) is 22.6. The second-order valence-corrected chi connectivity index (χ2v) is 9.87. The number of hydrogen-bond donors (Lipinski definition) is 3. The van der Waals surface area contributed by atoms with E-state index >= 15 is 0 Å². The Bertz CT molecular complexity index is 1480. The molecule has 0 saturated carbocycles. The highest BCUT2D eigenvalue weighted by Gasteiger charge is 2.14. The maximum atomic E-state index is 9.82. The van der Waals surface area contributed by atoms with Crippen LogP contribution in [0.1, 0.15) is 40.1 Å². The van der Waals surface area contributed by atoms with Crippen molar-refractivity contribution in [2.75, 3.05) is 44.7 Å². The van der Waals surface area contributed by atoms with Crippen LogP contribution in [0.3, 0.4) is 0 Å². The Hall–Kier alpha value is -4.03. The molecule has 0 spiro atoms. The first-order chi connectivity index (χ1) is 19.1. The van der Waals surface area contributed by atoms with E-state index in [9.17, 15) is 5.26 Å². The lowest BCUT2D eigenvalue weighted by Gasteiger charge is -2.26. The van der Waals surface area contributed by atoms with E-state index in [1.54, 1.807) is 6.20 Å².